The minimum Gasteiger partial charge on any atom is -0.390 e. The van der Waals surface area contributed by atoms with E-state index in [1.54, 1.807) is 21.1 Å². The first-order valence-corrected chi connectivity index (χ1v) is 9.30. The lowest BCUT2D eigenvalue weighted by atomic mass is 9.95. The van der Waals surface area contributed by atoms with Gasteiger partial charge in [0.05, 0.1) is 6.61 Å². The van der Waals surface area contributed by atoms with Crippen LogP contribution < -0.4 is 0 Å². The monoisotopic (exact) mass is 314 g/mol. The fourth-order valence-corrected chi connectivity index (χ4v) is 4.98. The lowest BCUT2D eigenvalue weighted by Crippen LogP contribution is -2.41. The van der Waals surface area contributed by atoms with Crippen LogP contribution in [0.5, 0.6) is 0 Å². The second-order valence-corrected chi connectivity index (χ2v) is 7.50. The molecule has 1 saturated carbocycles. The SMILES string of the molecule is CCN(C1CCCCC1)S(=O)(=O)c1cc(CO)n(CC)c1. The lowest BCUT2D eigenvalue weighted by molar-refractivity contribution is 0.261. The molecule has 6 heteroatoms. The summed E-state index contributed by atoms with van der Waals surface area (Å²) in [5.74, 6) is 0. The van der Waals surface area contributed by atoms with E-state index in [1.807, 2.05) is 13.8 Å². The lowest BCUT2D eigenvalue weighted by Gasteiger charge is -2.32. The molecule has 1 fully saturated rings. The van der Waals surface area contributed by atoms with Gasteiger partial charge >= 0.3 is 0 Å². The van der Waals surface area contributed by atoms with Gasteiger partial charge in [-0.1, -0.05) is 26.2 Å². The molecule has 0 radical (unpaired) electrons. The molecule has 21 heavy (non-hydrogen) atoms. The van der Waals surface area contributed by atoms with Crippen LogP contribution in [0.3, 0.4) is 0 Å². The molecule has 0 bridgehead atoms. The fourth-order valence-electron chi connectivity index (χ4n) is 3.22. The zero-order chi connectivity index (χ0) is 15.5. The van der Waals surface area contributed by atoms with E-state index in [4.69, 9.17) is 0 Å². The Hall–Kier alpha value is -0.850. The van der Waals surface area contributed by atoms with Gasteiger partial charge in [0.25, 0.3) is 0 Å². The van der Waals surface area contributed by atoms with Gasteiger partial charge in [0.15, 0.2) is 0 Å². The molecule has 5 nitrogen and oxygen atoms in total. The van der Waals surface area contributed by atoms with Crippen LogP contribution in [0.1, 0.15) is 51.6 Å². The average molecular weight is 314 g/mol. The summed E-state index contributed by atoms with van der Waals surface area (Å²) in [6, 6.07) is 1.72. The maximum absolute atomic E-state index is 12.9. The Bertz CT molecular complexity index is 538. The number of aromatic nitrogens is 1. The van der Waals surface area contributed by atoms with Gasteiger partial charge in [-0.25, -0.2) is 8.42 Å². The highest BCUT2D eigenvalue weighted by molar-refractivity contribution is 7.89. The maximum Gasteiger partial charge on any atom is 0.244 e. The Labute approximate surface area is 127 Å². The summed E-state index contributed by atoms with van der Waals surface area (Å²) < 4.78 is 29.2. The summed E-state index contributed by atoms with van der Waals surface area (Å²) >= 11 is 0. The highest BCUT2D eigenvalue weighted by Gasteiger charge is 2.32. The van der Waals surface area contributed by atoms with Gasteiger partial charge in [-0.15, -0.1) is 0 Å². The Kier molecular flexibility index (Phi) is 5.46. The van der Waals surface area contributed by atoms with Gasteiger partial charge in [0.1, 0.15) is 4.90 Å². The summed E-state index contributed by atoms with van der Waals surface area (Å²) in [6.45, 7) is 4.85. The van der Waals surface area contributed by atoms with E-state index in [1.165, 1.54) is 6.42 Å². The van der Waals surface area contributed by atoms with Crippen molar-refractivity contribution in [3.8, 4) is 0 Å². The normalized spacial score (nSPS) is 17.5. The Morgan fingerprint density at radius 3 is 2.43 bits per heavy atom. The van der Waals surface area contributed by atoms with Gasteiger partial charge < -0.3 is 9.67 Å². The first kappa shape index (κ1) is 16.5. The number of sulfonamides is 1. The van der Waals surface area contributed by atoms with E-state index in [-0.39, 0.29) is 12.6 Å². The first-order valence-electron chi connectivity index (χ1n) is 7.86. The smallest absolute Gasteiger partial charge is 0.244 e. The number of aliphatic hydroxyl groups excluding tert-OH is 1. The largest absolute Gasteiger partial charge is 0.390 e. The van der Waals surface area contributed by atoms with Gasteiger partial charge in [0.2, 0.25) is 10.0 Å². The van der Waals surface area contributed by atoms with Crippen LogP contribution in [0, 0.1) is 0 Å². The van der Waals surface area contributed by atoms with Gasteiger partial charge in [-0.05, 0) is 25.8 Å². The molecule has 1 aromatic rings. The number of hydrogen-bond acceptors (Lipinski definition) is 3. The highest BCUT2D eigenvalue weighted by atomic mass is 32.2. The zero-order valence-electron chi connectivity index (χ0n) is 13.0. The molecule has 0 saturated heterocycles. The maximum atomic E-state index is 12.9. The van der Waals surface area contributed by atoms with Crippen LogP contribution >= 0.6 is 0 Å². The van der Waals surface area contributed by atoms with Gasteiger partial charge in [-0.3, -0.25) is 0 Å². The van der Waals surface area contributed by atoms with Crippen molar-refractivity contribution in [1.82, 2.24) is 8.87 Å². The van der Waals surface area contributed by atoms with Crippen LogP contribution in [0.2, 0.25) is 0 Å². The third-order valence-electron chi connectivity index (χ3n) is 4.36. The van der Waals surface area contributed by atoms with Crippen LogP contribution in [0.25, 0.3) is 0 Å². The third kappa shape index (κ3) is 3.33. The predicted molar refractivity (Wildman–Crippen MR) is 82.5 cm³/mol. The number of aryl methyl sites for hydroxylation is 1. The second-order valence-electron chi connectivity index (χ2n) is 5.61. The van der Waals surface area contributed by atoms with Crippen molar-refractivity contribution < 1.29 is 13.5 Å². The summed E-state index contributed by atoms with van der Waals surface area (Å²) in [6.07, 6.45) is 6.97. The molecule has 120 valence electrons. The molecule has 2 rings (SSSR count). The van der Waals surface area contributed by atoms with Crippen molar-refractivity contribution in [2.45, 2.75) is 70.0 Å². The molecule has 0 spiro atoms. The molecule has 1 aliphatic carbocycles. The average Bonchev–Trinajstić information content (AvgIpc) is 2.93. The van der Waals surface area contributed by atoms with Crippen molar-refractivity contribution in [3.63, 3.8) is 0 Å². The Morgan fingerprint density at radius 2 is 1.95 bits per heavy atom. The standard InChI is InChI=1S/C15H26N2O3S/c1-3-16-11-15(10-14(16)12-18)21(19,20)17(4-2)13-8-6-5-7-9-13/h10-11,13,18H,3-9,12H2,1-2H3. The number of rotatable bonds is 6. The molecule has 1 heterocycles. The van der Waals surface area contributed by atoms with E-state index in [2.05, 4.69) is 0 Å². The van der Waals surface area contributed by atoms with E-state index in [0.29, 0.717) is 23.7 Å². The topological polar surface area (TPSA) is 62.5 Å². The Balaban J connectivity index is 2.32. The minimum atomic E-state index is -3.47. The molecular formula is C15H26N2O3S. The van der Waals surface area contributed by atoms with E-state index < -0.39 is 10.0 Å². The second kappa shape index (κ2) is 6.94. The van der Waals surface area contributed by atoms with Gasteiger partial charge in [0, 0.05) is 31.0 Å². The van der Waals surface area contributed by atoms with Crippen molar-refractivity contribution in [3.05, 3.63) is 18.0 Å². The molecule has 0 atom stereocenters. The van der Waals surface area contributed by atoms with Crippen LogP contribution in [0.4, 0.5) is 0 Å². The predicted octanol–water partition coefficient (Wildman–Crippen LogP) is 2.34. The summed E-state index contributed by atoms with van der Waals surface area (Å²) in [5, 5.41) is 9.34. The van der Waals surface area contributed by atoms with E-state index in [0.717, 1.165) is 25.7 Å². The summed E-state index contributed by atoms with van der Waals surface area (Å²) in [7, 11) is -3.47. The van der Waals surface area contributed by atoms with E-state index in [9.17, 15) is 13.5 Å². The van der Waals surface area contributed by atoms with Crippen LogP contribution in [-0.4, -0.2) is 35.0 Å². The zero-order valence-corrected chi connectivity index (χ0v) is 13.8. The minimum absolute atomic E-state index is 0.122. The van der Waals surface area contributed by atoms with Gasteiger partial charge in [-0.2, -0.15) is 4.31 Å². The molecule has 1 aromatic heterocycles. The molecule has 0 amide bonds. The third-order valence-corrected chi connectivity index (χ3v) is 6.36. The van der Waals surface area contributed by atoms with Crippen LogP contribution in [0.15, 0.2) is 17.2 Å². The van der Waals surface area contributed by atoms with Crippen LogP contribution in [-0.2, 0) is 23.2 Å². The van der Waals surface area contributed by atoms with Crippen molar-refractivity contribution >= 4 is 10.0 Å². The molecule has 1 N–H and O–H groups in total. The quantitative estimate of drug-likeness (QED) is 0.876. The molecule has 0 aromatic carbocycles. The number of hydrogen-bond donors (Lipinski definition) is 1. The van der Waals surface area contributed by atoms with Crippen molar-refractivity contribution in [1.29, 1.82) is 0 Å². The fraction of sp³-hybridized carbons (Fsp3) is 0.733. The van der Waals surface area contributed by atoms with Crippen molar-refractivity contribution in [2.75, 3.05) is 6.54 Å². The number of aliphatic hydroxyl groups is 1. The summed E-state index contributed by atoms with van der Waals surface area (Å²) in [4.78, 5) is 0.306. The van der Waals surface area contributed by atoms with Crippen molar-refractivity contribution in [2.24, 2.45) is 0 Å². The molecular weight excluding hydrogens is 288 g/mol. The highest BCUT2D eigenvalue weighted by Crippen LogP contribution is 2.28. The number of nitrogens with zero attached hydrogens (tertiary/aromatic N) is 2. The summed E-state index contributed by atoms with van der Waals surface area (Å²) in [5.41, 5.74) is 0.649. The molecule has 0 aliphatic heterocycles. The van der Waals surface area contributed by atoms with E-state index >= 15 is 0 Å². The molecule has 1 aliphatic rings. The first-order chi connectivity index (χ1) is 10.0. The molecule has 0 unspecified atom stereocenters. The Morgan fingerprint density at radius 1 is 1.29 bits per heavy atom.